The number of nitrogens with two attached hydrogens (primary N) is 7. The highest BCUT2D eigenvalue weighted by atomic mass is 16.2. The Kier molecular flexibility index (Phi) is 19.3. The number of rotatable bonds is 20. The maximum atomic E-state index is 12.2. The van der Waals surface area contributed by atoms with Crippen molar-refractivity contribution >= 4 is 30.0 Å². The fourth-order valence-electron chi connectivity index (χ4n) is 3.44. The van der Waals surface area contributed by atoms with Crippen LogP contribution in [0.15, 0.2) is 9.98 Å². The van der Waals surface area contributed by atoms with E-state index in [1.807, 2.05) is 0 Å². The van der Waals surface area contributed by atoms with Gasteiger partial charge in [0.1, 0.15) is 0 Å². The average molecular weight is 545 g/mol. The van der Waals surface area contributed by atoms with Crippen LogP contribution in [0.25, 0.3) is 0 Å². The molecule has 19 N–H and O–H groups in total. The molecule has 38 heavy (non-hydrogen) atoms. The number of carbonyl (C=O) groups is 3. The van der Waals surface area contributed by atoms with Crippen LogP contribution < -0.4 is 66.7 Å². The topological polar surface area (TPSA) is 318 Å². The van der Waals surface area contributed by atoms with Gasteiger partial charge in [-0.05, 0) is 45.1 Å². The normalized spacial score (nSPS) is 12.8. The monoisotopic (exact) mass is 544 g/mol. The van der Waals surface area contributed by atoms with E-state index in [9.17, 15) is 14.4 Å². The molecule has 0 spiro atoms. The first-order valence-electron chi connectivity index (χ1n) is 12.7. The lowest BCUT2D eigenvalue weighted by molar-refractivity contribution is 0.234. The van der Waals surface area contributed by atoms with Crippen molar-refractivity contribution < 1.29 is 14.4 Å². The van der Waals surface area contributed by atoms with Gasteiger partial charge in [0, 0.05) is 44.8 Å². The highest BCUT2D eigenvalue weighted by molar-refractivity contribution is 5.77. The Balaban J connectivity index is 4.44. The van der Waals surface area contributed by atoms with Crippen LogP contribution >= 0.6 is 0 Å². The van der Waals surface area contributed by atoms with Gasteiger partial charge in [-0.1, -0.05) is 6.42 Å². The molecular weight excluding hydrogens is 496 g/mol. The molecule has 0 rings (SSSR count). The zero-order valence-electron chi connectivity index (χ0n) is 22.1. The van der Waals surface area contributed by atoms with Gasteiger partial charge in [-0.15, -0.1) is 0 Å². The van der Waals surface area contributed by atoms with E-state index in [0.717, 1.165) is 19.3 Å². The third-order valence-electron chi connectivity index (χ3n) is 5.32. The van der Waals surface area contributed by atoms with Crippen molar-refractivity contribution in [2.45, 2.75) is 63.1 Å². The lowest BCUT2D eigenvalue weighted by Gasteiger charge is -2.19. The molecule has 17 nitrogen and oxygen atoms in total. The van der Waals surface area contributed by atoms with Crippen molar-refractivity contribution in [3.05, 3.63) is 0 Å². The van der Waals surface area contributed by atoms with Crippen molar-refractivity contribution in [1.82, 2.24) is 26.6 Å². The summed E-state index contributed by atoms with van der Waals surface area (Å²) < 4.78 is 0. The summed E-state index contributed by atoms with van der Waals surface area (Å²) in [6, 6.07) is -2.38. The minimum Gasteiger partial charge on any atom is -0.370 e. The fourth-order valence-corrected chi connectivity index (χ4v) is 3.44. The zero-order valence-corrected chi connectivity index (χ0v) is 22.1. The molecule has 6 amide bonds. The quantitative estimate of drug-likeness (QED) is 0.0411. The van der Waals surface area contributed by atoms with Gasteiger partial charge in [0.2, 0.25) is 0 Å². The van der Waals surface area contributed by atoms with Gasteiger partial charge in [0.15, 0.2) is 11.9 Å². The van der Waals surface area contributed by atoms with Gasteiger partial charge in [0.25, 0.3) is 0 Å². The number of urea groups is 3. The molecule has 0 fully saturated rings. The largest absolute Gasteiger partial charge is 0.370 e. The summed E-state index contributed by atoms with van der Waals surface area (Å²) in [5.74, 6) is -0.116. The van der Waals surface area contributed by atoms with E-state index in [1.165, 1.54) is 0 Å². The number of guanidine groups is 2. The SMILES string of the molecule is NCCCCC(CN)NC(=O)NCC(CCCNC(=O)NCC(CCCN=C(N)N)NC(N)=O)N=C(N)N. The molecular formula is C21H48N14O3. The second-order valence-corrected chi connectivity index (χ2v) is 8.71. The molecule has 0 aliphatic heterocycles. The number of unbranched alkanes of at least 4 members (excludes halogenated alkanes) is 1. The molecule has 0 saturated heterocycles. The van der Waals surface area contributed by atoms with Crippen LogP contribution in [0.3, 0.4) is 0 Å². The average Bonchev–Trinajstić information content (AvgIpc) is 2.84. The highest BCUT2D eigenvalue weighted by Gasteiger charge is 2.14. The molecule has 0 radical (unpaired) electrons. The summed E-state index contributed by atoms with van der Waals surface area (Å²) in [5.41, 5.74) is 38.0. The lowest BCUT2D eigenvalue weighted by atomic mass is 10.1. The summed E-state index contributed by atoms with van der Waals surface area (Å²) in [7, 11) is 0. The van der Waals surface area contributed by atoms with Crippen LogP contribution in [0.2, 0.25) is 0 Å². The predicted molar refractivity (Wildman–Crippen MR) is 149 cm³/mol. The van der Waals surface area contributed by atoms with Crippen molar-refractivity contribution in [1.29, 1.82) is 0 Å². The summed E-state index contributed by atoms with van der Waals surface area (Å²) in [6.45, 7) is 2.01. The smallest absolute Gasteiger partial charge is 0.315 e. The van der Waals surface area contributed by atoms with E-state index >= 15 is 0 Å². The van der Waals surface area contributed by atoms with Crippen LogP contribution in [0.5, 0.6) is 0 Å². The minimum absolute atomic E-state index is 0.0164. The number of hydrogen-bond acceptors (Lipinski definition) is 7. The predicted octanol–water partition coefficient (Wildman–Crippen LogP) is -3.45. The van der Waals surface area contributed by atoms with Crippen molar-refractivity contribution in [3.8, 4) is 0 Å². The first kappa shape index (κ1) is 34.3. The number of nitrogens with one attached hydrogen (secondary N) is 5. The van der Waals surface area contributed by atoms with E-state index in [4.69, 9.17) is 40.1 Å². The second kappa shape index (κ2) is 21.4. The molecule has 0 aliphatic rings. The molecule has 0 aromatic heterocycles. The Morgan fingerprint density at radius 1 is 0.684 bits per heavy atom. The summed E-state index contributed by atoms with van der Waals surface area (Å²) >= 11 is 0. The Bertz CT molecular complexity index is 741. The third kappa shape index (κ3) is 20.5. The van der Waals surface area contributed by atoms with Gasteiger partial charge < -0.3 is 66.7 Å². The van der Waals surface area contributed by atoms with Gasteiger partial charge >= 0.3 is 18.1 Å². The van der Waals surface area contributed by atoms with E-state index in [1.54, 1.807) is 0 Å². The van der Waals surface area contributed by atoms with Crippen LogP contribution in [0.1, 0.15) is 44.9 Å². The van der Waals surface area contributed by atoms with Crippen LogP contribution in [-0.4, -0.2) is 87.4 Å². The minimum atomic E-state index is -0.697. The van der Waals surface area contributed by atoms with Crippen molar-refractivity contribution in [2.24, 2.45) is 50.1 Å². The number of nitrogens with zero attached hydrogens (tertiary/aromatic N) is 2. The summed E-state index contributed by atoms with van der Waals surface area (Å²) in [6.07, 6.45) is 4.63. The third-order valence-corrected chi connectivity index (χ3v) is 5.32. The van der Waals surface area contributed by atoms with E-state index in [-0.39, 0.29) is 49.2 Å². The Morgan fingerprint density at radius 2 is 1.37 bits per heavy atom. The Hall–Kier alpha value is -3.73. The summed E-state index contributed by atoms with van der Waals surface area (Å²) in [5, 5.41) is 13.6. The van der Waals surface area contributed by atoms with E-state index in [0.29, 0.717) is 51.9 Å². The molecule has 17 heteroatoms. The number of aliphatic imine (C=N–C) groups is 2. The first-order chi connectivity index (χ1) is 18.1. The second-order valence-electron chi connectivity index (χ2n) is 8.71. The van der Waals surface area contributed by atoms with Crippen molar-refractivity contribution in [3.63, 3.8) is 0 Å². The van der Waals surface area contributed by atoms with Gasteiger partial charge in [-0.25, -0.2) is 19.4 Å². The maximum absolute atomic E-state index is 12.2. The van der Waals surface area contributed by atoms with Gasteiger partial charge in [0.05, 0.1) is 6.04 Å². The molecule has 3 atom stereocenters. The zero-order chi connectivity index (χ0) is 28.8. The van der Waals surface area contributed by atoms with Gasteiger partial charge in [-0.2, -0.15) is 0 Å². The van der Waals surface area contributed by atoms with E-state index in [2.05, 4.69) is 36.6 Å². The molecule has 0 aromatic carbocycles. The first-order valence-corrected chi connectivity index (χ1v) is 12.7. The van der Waals surface area contributed by atoms with Crippen LogP contribution in [-0.2, 0) is 0 Å². The highest BCUT2D eigenvalue weighted by Crippen LogP contribution is 2.02. The number of amides is 6. The molecule has 0 heterocycles. The molecule has 0 aromatic rings. The summed E-state index contributed by atoms with van der Waals surface area (Å²) in [4.78, 5) is 43.6. The van der Waals surface area contributed by atoms with Crippen molar-refractivity contribution in [2.75, 3.05) is 39.3 Å². The molecule has 3 unspecified atom stereocenters. The van der Waals surface area contributed by atoms with Gasteiger partial charge in [-0.3, -0.25) is 4.99 Å². The van der Waals surface area contributed by atoms with Crippen LogP contribution in [0, 0.1) is 0 Å². The van der Waals surface area contributed by atoms with Crippen LogP contribution in [0.4, 0.5) is 14.4 Å². The Morgan fingerprint density at radius 3 is 1.97 bits per heavy atom. The molecule has 0 aliphatic carbocycles. The number of primary amides is 1. The molecule has 220 valence electrons. The fraction of sp³-hybridized carbons (Fsp3) is 0.762. The number of carbonyl (C=O) groups excluding carboxylic acids is 3. The lowest BCUT2D eigenvalue weighted by Crippen LogP contribution is -2.48. The number of hydrogen-bond donors (Lipinski definition) is 12. The standard InChI is InChI=1S/C21H48N14O3/c22-8-2-1-5-14(11-23)35-21(38)32-12-15(33-18(26)27)6-4-10-30-20(37)31-13-16(34-19(28)36)7-3-9-29-17(24)25/h14-16H,1-13,22-23H2,(H4,24,25,29)(H4,26,27,33)(H3,28,34,36)(H2,30,31,37)(H2,32,35,38). The molecule has 0 bridgehead atoms. The Labute approximate surface area is 223 Å². The maximum Gasteiger partial charge on any atom is 0.315 e. The van der Waals surface area contributed by atoms with E-state index < -0.39 is 12.1 Å². The molecule has 0 saturated carbocycles.